The Hall–Kier alpha value is -1.63. The summed E-state index contributed by atoms with van der Waals surface area (Å²) in [5.74, 6) is 5.64. The van der Waals surface area contributed by atoms with Crippen molar-refractivity contribution in [2.24, 2.45) is 11.3 Å². The van der Waals surface area contributed by atoms with Crippen molar-refractivity contribution >= 4 is 5.91 Å². The van der Waals surface area contributed by atoms with Crippen molar-refractivity contribution in [2.75, 3.05) is 0 Å². The lowest BCUT2D eigenvalue weighted by atomic mass is 9.93. The van der Waals surface area contributed by atoms with Crippen molar-refractivity contribution in [1.82, 2.24) is 19.8 Å². The smallest absolute Gasteiger partial charge is 0.294 e. The molecule has 1 aliphatic rings. The standard InChI is InChI=1S/C11H19N5O2/c1-11(2,9(17)13-12)7-16-10(18)15-6-4-3-5-8(15)14-16/h3-7,12H2,1-2H3,(H,13,17). The molecule has 0 atom stereocenters. The number of nitrogens with two attached hydrogens (primary N) is 1. The molecule has 0 saturated carbocycles. The van der Waals surface area contributed by atoms with Crippen LogP contribution in [-0.4, -0.2) is 20.3 Å². The van der Waals surface area contributed by atoms with Gasteiger partial charge in [-0.15, -0.1) is 0 Å². The highest BCUT2D eigenvalue weighted by molar-refractivity contribution is 5.81. The molecule has 7 nitrogen and oxygen atoms in total. The van der Waals surface area contributed by atoms with Crippen LogP contribution in [0.1, 0.15) is 32.5 Å². The van der Waals surface area contributed by atoms with Gasteiger partial charge in [0.2, 0.25) is 5.91 Å². The molecule has 7 heteroatoms. The van der Waals surface area contributed by atoms with Gasteiger partial charge in [0.25, 0.3) is 0 Å². The van der Waals surface area contributed by atoms with E-state index in [1.54, 1.807) is 18.4 Å². The maximum atomic E-state index is 12.1. The Morgan fingerprint density at radius 2 is 2.22 bits per heavy atom. The number of nitrogens with one attached hydrogen (secondary N) is 1. The van der Waals surface area contributed by atoms with E-state index in [1.165, 1.54) is 4.68 Å². The van der Waals surface area contributed by atoms with E-state index in [9.17, 15) is 9.59 Å². The number of carbonyl (C=O) groups is 1. The van der Waals surface area contributed by atoms with Crippen molar-refractivity contribution in [3.63, 3.8) is 0 Å². The van der Waals surface area contributed by atoms with Crippen LogP contribution in [0.4, 0.5) is 0 Å². The van der Waals surface area contributed by atoms with Crippen LogP contribution in [0, 0.1) is 5.41 Å². The molecule has 0 aliphatic carbocycles. The van der Waals surface area contributed by atoms with Crippen LogP contribution in [0.3, 0.4) is 0 Å². The van der Waals surface area contributed by atoms with Crippen LogP contribution < -0.4 is 17.0 Å². The van der Waals surface area contributed by atoms with Crippen molar-refractivity contribution in [1.29, 1.82) is 0 Å². The first-order chi connectivity index (χ1) is 8.45. The SMILES string of the molecule is CC(C)(Cn1nc2n(c1=O)CCCC2)C(=O)NN. The number of carbonyl (C=O) groups excluding carboxylic acids is 1. The summed E-state index contributed by atoms with van der Waals surface area (Å²) in [6.07, 6.45) is 2.89. The van der Waals surface area contributed by atoms with Crippen molar-refractivity contribution < 1.29 is 4.79 Å². The van der Waals surface area contributed by atoms with Crippen molar-refractivity contribution in [3.8, 4) is 0 Å². The Balaban J connectivity index is 2.28. The summed E-state index contributed by atoms with van der Waals surface area (Å²) in [7, 11) is 0. The number of hydrogen-bond donors (Lipinski definition) is 2. The van der Waals surface area contributed by atoms with Gasteiger partial charge >= 0.3 is 5.69 Å². The normalized spacial score (nSPS) is 15.3. The summed E-state index contributed by atoms with van der Waals surface area (Å²) in [6.45, 7) is 4.42. The predicted molar refractivity (Wildman–Crippen MR) is 65.5 cm³/mol. The molecule has 0 aromatic carbocycles. The maximum Gasteiger partial charge on any atom is 0.345 e. The van der Waals surface area contributed by atoms with Gasteiger partial charge in [-0.25, -0.2) is 15.3 Å². The third kappa shape index (κ3) is 2.17. The number of fused-ring (bicyclic) bond motifs is 1. The van der Waals surface area contributed by atoms with E-state index in [4.69, 9.17) is 5.84 Å². The molecule has 100 valence electrons. The highest BCUT2D eigenvalue weighted by Gasteiger charge is 2.30. The number of hydrazine groups is 1. The molecule has 1 aromatic heterocycles. The molecule has 1 amide bonds. The van der Waals surface area contributed by atoms with E-state index >= 15 is 0 Å². The Labute approximate surface area is 105 Å². The number of aromatic nitrogens is 3. The summed E-state index contributed by atoms with van der Waals surface area (Å²) in [5, 5.41) is 4.30. The van der Waals surface area contributed by atoms with E-state index in [0.29, 0.717) is 0 Å². The molecule has 2 heterocycles. The summed E-state index contributed by atoms with van der Waals surface area (Å²) in [4.78, 5) is 23.7. The third-order valence-corrected chi connectivity index (χ3v) is 3.32. The second-order valence-electron chi connectivity index (χ2n) is 5.32. The van der Waals surface area contributed by atoms with E-state index in [-0.39, 0.29) is 18.1 Å². The van der Waals surface area contributed by atoms with Crippen molar-refractivity contribution in [2.45, 2.75) is 46.2 Å². The van der Waals surface area contributed by atoms with Crippen LogP contribution in [0.5, 0.6) is 0 Å². The average Bonchev–Trinajstić information content (AvgIpc) is 2.65. The number of nitrogens with zero attached hydrogens (tertiary/aromatic N) is 3. The summed E-state index contributed by atoms with van der Waals surface area (Å²) < 4.78 is 3.07. The molecule has 0 fully saturated rings. The first-order valence-electron chi connectivity index (χ1n) is 6.13. The predicted octanol–water partition coefficient (Wildman–Crippen LogP) is -0.603. The second-order valence-corrected chi connectivity index (χ2v) is 5.32. The summed E-state index contributed by atoms with van der Waals surface area (Å²) >= 11 is 0. The van der Waals surface area contributed by atoms with Gasteiger partial charge in [-0.05, 0) is 26.7 Å². The zero-order chi connectivity index (χ0) is 13.3. The monoisotopic (exact) mass is 253 g/mol. The highest BCUT2D eigenvalue weighted by Crippen LogP contribution is 2.17. The molecular weight excluding hydrogens is 234 g/mol. The molecular formula is C11H19N5O2. The van der Waals surface area contributed by atoms with Gasteiger partial charge in [0, 0.05) is 13.0 Å². The van der Waals surface area contributed by atoms with Gasteiger partial charge in [0.15, 0.2) is 0 Å². The van der Waals surface area contributed by atoms with E-state index < -0.39 is 5.41 Å². The summed E-state index contributed by atoms with van der Waals surface area (Å²) in [5.41, 5.74) is 1.22. The number of amides is 1. The van der Waals surface area contributed by atoms with Crippen LogP contribution in [0.15, 0.2) is 4.79 Å². The molecule has 1 aliphatic heterocycles. The number of hydrogen-bond acceptors (Lipinski definition) is 4. The van der Waals surface area contributed by atoms with Gasteiger partial charge in [-0.3, -0.25) is 14.8 Å². The molecule has 1 aromatic rings. The van der Waals surface area contributed by atoms with Crippen LogP contribution in [0.25, 0.3) is 0 Å². The maximum absolute atomic E-state index is 12.1. The first kappa shape index (κ1) is 12.8. The number of rotatable bonds is 3. The Bertz CT molecular complexity index is 514. The molecule has 0 bridgehead atoms. The molecule has 3 N–H and O–H groups in total. The molecule has 0 spiro atoms. The molecule has 0 radical (unpaired) electrons. The van der Waals surface area contributed by atoms with E-state index in [1.807, 2.05) is 0 Å². The zero-order valence-electron chi connectivity index (χ0n) is 10.8. The second kappa shape index (κ2) is 4.56. The van der Waals surface area contributed by atoms with Crippen LogP contribution in [0.2, 0.25) is 0 Å². The Morgan fingerprint density at radius 3 is 2.83 bits per heavy atom. The first-order valence-corrected chi connectivity index (χ1v) is 6.13. The minimum atomic E-state index is -0.761. The Kier molecular flexibility index (Phi) is 3.25. The minimum Gasteiger partial charge on any atom is -0.294 e. The summed E-state index contributed by atoms with van der Waals surface area (Å²) in [6, 6.07) is 0. The van der Waals surface area contributed by atoms with Crippen LogP contribution >= 0.6 is 0 Å². The van der Waals surface area contributed by atoms with E-state index in [0.717, 1.165) is 31.6 Å². The number of aryl methyl sites for hydroxylation is 1. The molecule has 2 rings (SSSR count). The minimum absolute atomic E-state index is 0.136. The van der Waals surface area contributed by atoms with Gasteiger partial charge in [-0.1, -0.05) is 0 Å². The fourth-order valence-electron chi connectivity index (χ4n) is 2.19. The fourth-order valence-corrected chi connectivity index (χ4v) is 2.19. The van der Waals surface area contributed by atoms with Gasteiger partial charge < -0.3 is 0 Å². The zero-order valence-corrected chi connectivity index (χ0v) is 10.8. The van der Waals surface area contributed by atoms with Gasteiger partial charge in [0.1, 0.15) is 5.82 Å². The molecule has 0 unspecified atom stereocenters. The fraction of sp³-hybridized carbons (Fsp3) is 0.727. The highest BCUT2D eigenvalue weighted by atomic mass is 16.2. The van der Waals surface area contributed by atoms with E-state index in [2.05, 4.69) is 10.5 Å². The lowest BCUT2D eigenvalue weighted by Gasteiger charge is -2.21. The lowest BCUT2D eigenvalue weighted by Crippen LogP contribution is -2.44. The van der Waals surface area contributed by atoms with Gasteiger partial charge in [0.05, 0.1) is 12.0 Å². The lowest BCUT2D eigenvalue weighted by molar-refractivity contribution is -0.130. The van der Waals surface area contributed by atoms with Crippen LogP contribution in [-0.2, 0) is 24.3 Å². The van der Waals surface area contributed by atoms with Gasteiger partial charge in [-0.2, -0.15) is 5.10 Å². The Morgan fingerprint density at radius 1 is 1.50 bits per heavy atom. The quantitative estimate of drug-likeness (QED) is 0.427. The molecule has 18 heavy (non-hydrogen) atoms. The topological polar surface area (TPSA) is 94.9 Å². The third-order valence-electron chi connectivity index (χ3n) is 3.32. The molecule has 0 saturated heterocycles. The average molecular weight is 253 g/mol. The van der Waals surface area contributed by atoms with Crippen molar-refractivity contribution in [3.05, 3.63) is 16.3 Å². The largest absolute Gasteiger partial charge is 0.345 e.